The second-order valence-corrected chi connectivity index (χ2v) is 11.5. The van der Waals surface area contributed by atoms with E-state index in [2.05, 4.69) is 15.3 Å². The number of benzene rings is 2. The summed E-state index contributed by atoms with van der Waals surface area (Å²) in [6.45, 7) is 6.24. The molecule has 2 heterocycles. The van der Waals surface area contributed by atoms with Gasteiger partial charge in [-0.1, -0.05) is 29.3 Å². The molecule has 1 aliphatic rings. The molecule has 3 N–H and O–H groups in total. The topological polar surface area (TPSA) is 129 Å². The molecule has 0 spiro atoms. The van der Waals surface area contributed by atoms with Crippen molar-refractivity contribution in [2.24, 2.45) is 5.73 Å². The summed E-state index contributed by atoms with van der Waals surface area (Å²) in [5, 5.41) is 4.02. The first-order valence-electron chi connectivity index (χ1n) is 12.5. The smallest absolute Gasteiger partial charge is 0.410 e. The molecule has 1 aromatic heterocycles. The van der Waals surface area contributed by atoms with Crippen LogP contribution in [-0.4, -0.2) is 70.7 Å². The fourth-order valence-electron chi connectivity index (χ4n) is 4.22. The minimum atomic E-state index is -0.592. The first-order chi connectivity index (χ1) is 18.9. The Morgan fingerprint density at radius 2 is 1.88 bits per heavy atom. The highest BCUT2D eigenvalue weighted by atomic mass is 35.5. The number of nitrogens with two attached hydrogens (primary N) is 1. The number of methoxy groups -OCH3 is 1. The van der Waals surface area contributed by atoms with Crippen molar-refractivity contribution in [3.8, 4) is 22.6 Å². The average molecular weight is 611 g/mol. The van der Waals surface area contributed by atoms with Crippen molar-refractivity contribution in [1.29, 1.82) is 0 Å². The van der Waals surface area contributed by atoms with E-state index in [1.54, 1.807) is 17.2 Å². The quantitative estimate of drug-likeness (QED) is 0.317. The molecule has 2 atom stereocenters. The number of halogens is 3. The maximum atomic E-state index is 12.5. The fraction of sp³-hybridized carbons (Fsp3) is 0.407. The van der Waals surface area contributed by atoms with E-state index in [0.29, 0.717) is 52.2 Å². The molecule has 1 fully saturated rings. The fourth-order valence-corrected chi connectivity index (χ4v) is 4.99. The summed E-state index contributed by atoms with van der Waals surface area (Å²) in [4.78, 5) is 34.2. The Morgan fingerprint density at radius 1 is 1.15 bits per heavy atom. The monoisotopic (exact) mass is 609 g/mol. The minimum absolute atomic E-state index is 0.0205. The largest absolute Gasteiger partial charge is 0.495 e. The van der Waals surface area contributed by atoms with Gasteiger partial charge >= 0.3 is 6.09 Å². The number of hydrogen-bond donors (Lipinski definition) is 2. The molecule has 13 heteroatoms. The van der Waals surface area contributed by atoms with Gasteiger partial charge in [0.25, 0.3) is 0 Å². The molecule has 2 aromatic carbocycles. The van der Waals surface area contributed by atoms with E-state index in [1.165, 1.54) is 7.11 Å². The molecule has 1 amide bonds. The van der Waals surface area contributed by atoms with Gasteiger partial charge in [-0.3, -0.25) is 4.79 Å². The number of carbonyl (C=O) groups excluding carboxylic acids is 2. The van der Waals surface area contributed by atoms with Crippen LogP contribution >= 0.6 is 34.8 Å². The van der Waals surface area contributed by atoms with Crippen molar-refractivity contribution in [3.63, 3.8) is 0 Å². The Labute approximate surface area is 247 Å². The first-order valence-corrected chi connectivity index (χ1v) is 13.6. The second kappa shape index (κ2) is 12.2. The van der Waals surface area contributed by atoms with Crippen LogP contribution in [0.2, 0.25) is 10.0 Å². The Morgan fingerprint density at radius 3 is 2.55 bits per heavy atom. The molecule has 40 heavy (non-hydrogen) atoms. The van der Waals surface area contributed by atoms with Gasteiger partial charge < -0.3 is 30.2 Å². The van der Waals surface area contributed by atoms with Crippen LogP contribution in [-0.2, 0) is 9.53 Å². The van der Waals surface area contributed by atoms with E-state index in [1.807, 2.05) is 39.0 Å². The van der Waals surface area contributed by atoms with E-state index >= 15 is 0 Å². The van der Waals surface area contributed by atoms with Crippen molar-refractivity contribution in [3.05, 3.63) is 40.5 Å². The summed E-state index contributed by atoms with van der Waals surface area (Å²) in [5.41, 5.74) is 7.56. The van der Waals surface area contributed by atoms with Gasteiger partial charge in [0.15, 0.2) is 0 Å². The number of nitrogens with zero attached hydrogens (tertiary/aromatic N) is 3. The van der Waals surface area contributed by atoms with Crippen LogP contribution in [0.25, 0.3) is 22.0 Å². The highest BCUT2D eigenvalue weighted by Crippen LogP contribution is 2.46. The van der Waals surface area contributed by atoms with Crippen molar-refractivity contribution in [1.82, 2.24) is 14.9 Å². The van der Waals surface area contributed by atoms with Crippen LogP contribution < -0.4 is 20.5 Å². The lowest BCUT2D eigenvalue weighted by Gasteiger charge is -2.24. The number of likely N-dealkylation sites (tertiary alicyclic amines) is 1. The van der Waals surface area contributed by atoms with Gasteiger partial charge in [-0.05, 0) is 50.1 Å². The van der Waals surface area contributed by atoms with Crippen LogP contribution in [0.15, 0.2) is 30.5 Å². The third-order valence-electron chi connectivity index (χ3n) is 6.11. The SMILES string of the molecule is COc1cc(OCCC(=O)Cl)c(Cl)c(-c2ccc3nc(NC4CN(C(=O)OC(C)(C)C)C[C@@H]4N)ncc3c2)c1Cl. The van der Waals surface area contributed by atoms with Gasteiger partial charge in [-0.2, -0.15) is 0 Å². The van der Waals surface area contributed by atoms with Crippen LogP contribution in [0.3, 0.4) is 0 Å². The number of fused-ring (bicyclic) bond motifs is 1. The lowest BCUT2D eigenvalue weighted by molar-refractivity contribution is -0.112. The van der Waals surface area contributed by atoms with E-state index in [9.17, 15) is 9.59 Å². The Bertz CT molecular complexity index is 1430. The van der Waals surface area contributed by atoms with Crippen LogP contribution in [0, 0.1) is 0 Å². The number of hydrogen-bond acceptors (Lipinski definition) is 9. The summed E-state index contributed by atoms with van der Waals surface area (Å²) in [7, 11) is 1.48. The number of anilines is 1. The Hall–Kier alpha value is -3.05. The van der Waals surface area contributed by atoms with E-state index in [4.69, 9.17) is 54.7 Å². The van der Waals surface area contributed by atoms with Crippen LogP contribution in [0.1, 0.15) is 27.2 Å². The molecule has 3 aromatic rings. The maximum Gasteiger partial charge on any atom is 0.410 e. The lowest BCUT2D eigenvalue weighted by Crippen LogP contribution is -2.39. The molecule has 0 saturated carbocycles. The number of rotatable bonds is 8. The Kier molecular flexibility index (Phi) is 9.14. The number of ether oxygens (including phenoxy) is 3. The third-order valence-corrected chi connectivity index (χ3v) is 7.05. The van der Waals surface area contributed by atoms with Crippen molar-refractivity contribution in [2.45, 2.75) is 44.9 Å². The molecule has 0 aliphatic carbocycles. The van der Waals surface area contributed by atoms with Crippen LogP contribution in [0.5, 0.6) is 11.5 Å². The van der Waals surface area contributed by atoms with Gasteiger partial charge in [0.05, 0.1) is 41.7 Å². The van der Waals surface area contributed by atoms with Gasteiger partial charge in [0.2, 0.25) is 11.2 Å². The number of carbonyl (C=O) groups is 2. The van der Waals surface area contributed by atoms with Gasteiger partial charge in [0.1, 0.15) is 17.1 Å². The first kappa shape index (κ1) is 29.9. The third kappa shape index (κ3) is 6.98. The van der Waals surface area contributed by atoms with E-state index in [0.717, 1.165) is 5.39 Å². The zero-order valence-electron chi connectivity index (χ0n) is 22.5. The summed E-state index contributed by atoms with van der Waals surface area (Å²) in [5.74, 6) is 1.05. The molecule has 0 radical (unpaired) electrons. The van der Waals surface area contributed by atoms with E-state index < -0.39 is 16.9 Å². The average Bonchev–Trinajstić information content (AvgIpc) is 3.24. The number of amides is 1. The van der Waals surface area contributed by atoms with Crippen molar-refractivity contribution in [2.75, 3.05) is 32.1 Å². The summed E-state index contributed by atoms with van der Waals surface area (Å²) in [6, 6.07) is 6.49. The van der Waals surface area contributed by atoms with Gasteiger partial charge in [0, 0.05) is 42.3 Å². The highest BCUT2D eigenvalue weighted by Gasteiger charge is 2.35. The molecule has 1 saturated heterocycles. The molecule has 214 valence electrons. The Balaban J connectivity index is 1.55. The zero-order valence-corrected chi connectivity index (χ0v) is 24.7. The predicted octanol–water partition coefficient (Wildman–Crippen LogP) is 5.51. The lowest BCUT2D eigenvalue weighted by atomic mass is 10.0. The van der Waals surface area contributed by atoms with E-state index in [-0.39, 0.29) is 30.1 Å². The summed E-state index contributed by atoms with van der Waals surface area (Å²) < 4.78 is 16.5. The minimum Gasteiger partial charge on any atom is -0.495 e. The maximum absolute atomic E-state index is 12.5. The standard InChI is InChI=1S/C27H30Cl3N5O5/c1-27(2,3)40-26(37)35-12-16(31)18(13-35)34-25-32-11-15-9-14(5-6-17(15)33-25)22-23(29)19(38-4)10-20(24(22)30)39-8-7-21(28)36/h5-6,9-11,16,18H,7-8,12-13,31H2,1-4H3,(H,32,33,34)/t16-,18?/m0/s1. The molecule has 1 unspecified atom stereocenters. The molecule has 0 bridgehead atoms. The normalized spacial score (nSPS) is 17.1. The van der Waals surface area contributed by atoms with Gasteiger partial charge in [-0.15, -0.1) is 0 Å². The predicted molar refractivity (Wildman–Crippen MR) is 156 cm³/mol. The van der Waals surface area contributed by atoms with Crippen molar-refractivity contribution >= 4 is 63.0 Å². The summed E-state index contributed by atoms with van der Waals surface area (Å²) in [6.07, 6.45) is 1.29. The van der Waals surface area contributed by atoms with Crippen LogP contribution in [0.4, 0.5) is 10.7 Å². The van der Waals surface area contributed by atoms with Crippen molar-refractivity contribution < 1.29 is 23.8 Å². The number of nitrogens with one attached hydrogen (secondary N) is 1. The highest BCUT2D eigenvalue weighted by molar-refractivity contribution is 6.63. The molecular weight excluding hydrogens is 581 g/mol. The molecular formula is C27H30Cl3N5O5. The molecule has 4 rings (SSSR count). The summed E-state index contributed by atoms with van der Waals surface area (Å²) >= 11 is 18.7. The van der Waals surface area contributed by atoms with Gasteiger partial charge in [-0.25, -0.2) is 14.8 Å². The zero-order chi connectivity index (χ0) is 29.2. The second-order valence-electron chi connectivity index (χ2n) is 10.3. The molecule has 10 nitrogen and oxygen atoms in total. The number of aromatic nitrogens is 2. The molecule has 1 aliphatic heterocycles.